The minimum atomic E-state index is -0.507. The van der Waals surface area contributed by atoms with Gasteiger partial charge in [-0.05, 0) is 43.7 Å². The second-order valence-electron chi connectivity index (χ2n) is 5.94. The quantitative estimate of drug-likeness (QED) is 0.728. The average Bonchev–Trinajstić information content (AvgIpc) is 2.57. The first-order valence-electron chi connectivity index (χ1n) is 7.86. The van der Waals surface area contributed by atoms with Crippen molar-refractivity contribution in [3.8, 4) is 0 Å². The molecule has 0 spiro atoms. The summed E-state index contributed by atoms with van der Waals surface area (Å²) in [6.45, 7) is 3.72. The van der Waals surface area contributed by atoms with E-state index in [2.05, 4.69) is 31.9 Å². The van der Waals surface area contributed by atoms with E-state index in [1.807, 2.05) is 55.5 Å². The van der Waals surface area contributed by atoms with Gasteiger partial charge in [0.15, 0.2) is 0 Å². The first-order chi connectivity index (χ1) is 11.9. The number of nitrogens with one attached hydrogen (secondary N) is 3. The van der Waals surface area contributed by atoms with Crippen molar-refractivity contribution >= 4 is 33.6 Å². The third kappa shape index (κ3) is 3.91. The van der Waals surface area contributed by atoms with Gasteiger partial charge in [0, 0.05) is 15.9 Å². The van der Waals surface area contributed by atoms with E-state index in [1.54, 1.807) is 6.92 Å². The van der Waals surface area contributed by atoms with E-state index in [0.29, 0.717) is 17.0 Å². The summed E-state index contributed by atoms with van der Waals surface area (Å²) >= 11 is 3.40. The van der Waals surface area contributed by atoms with Gasteiger partial charge in [-0.15, -0.1) is 0 Å². The first kappa shape index (κ1) is 17.2. The van der Waals surface area contributed by atoms with Gasteiger partial charge in [0.2, 0.25) is 0 Å². The molecular formula is C19H18BrN3O2. The summed E-state index contributed by atoms with van der Waals surface area (Å²) in [6.07, 6.45) is 0. The van der Waals surface area contributed by atoms with Crippen LogP contribution >= 0.6 is 15.9 Å². The summed E-state index contributed by atoms with van der Waals surface area (Å²) in [5.74, 6) is -0.248. The molecule has 0 saturated heterocycles. The molecule has 0 radical (unpaired) electrons. The highest BCUT2D eigenvalue weighted by Crippen LogP contribution is 2.28. The summed E-state index contributed by atoms with van der Waals surface area (Å²) in [5.41, 5.74) is 3.70. The molecule has 25 heavy (non-hydrogen) atoms. The fourth-order valence-corrected chi connectivity index (χ4v) is 3.00. The molecule has 2 aromatic rings. The maximum absolute atomic E-state index is 12.9. The van der Waals surface area contributed by atoms with Crippen LogP contribution in [0.5, 0.6) is 0 Å². The van der Waals surface area contributed by atoms with Crippen molar-refractivity contribution in [2.75, 3.05) is 5.32 Å². The highest BCUT2D eigenvalue weighted by atomic mass is 79.9. The van der Waals surface area contributed by atoms with Crippen molar-refractivity contribution in [2.45, 2.75) is 19.9 Å². The SMILES string of the molecule is CC1=C(C(=O)Nc2ccc(C)cc2)[C@@H](c2ccc(Br)cc2)NC(=O)N1. The molecule has 0 aliphatic carbocycles. The Morgan fingerprint density at radius 2 is 1.68 bits per heavy atom. The molecular weight excluding hydrogens is 382 g/mol. The Labute approximate surface area is 154 Å². The Kier molecular flexibility index (Phi) is 4.90. The Morgan fingerprint density at radius 1 is 1.04 bits per heavy atom. The summed E-state index contributed by atoms with van der Waals surface area (Å²) in [6, 6.07) is 14.3. The van der Waals surface area contributed by atoms with Gasteiger partial charge in [-0.3, -0.25) is 4.79 Å². The number of halogens is 1. The summed E-state index contributed by atoms with van der Waals surface area (Å²) in [7, 11) is 0. The van der Waals surface area contributed by atoms with Crippen LogP contribution in [-0.4, -0.2) is 11.9 Å². The van der Waals surface area contributed by atoms with Crippen LogP contribution in [0, 0.1) is 6.92 Å². The van der Waals surface area contributed by atoms with Gasteiger partial charge in [-0.1, -0.05) is 45.8 Å². The fourth-order valence-electron chi connectivity index (χ4n) is 2.74. The lowest BCUT2D eigenvalue weighted by Gasteiger charge is -2.28. The molecule has 0 fully saturated rings. The van der Waals surface area contributed by atoms with Gasteiger partial charge in [-0.2, -0.15) is 0 Å². The number of benzene rings is 2. The number of allylic oxidation sites excluding steroid dienone is 1. The third-order valence-corrected chi connectivity index (χ3v) is 4.56. The molecule has 1 aliphatic rings. The molecule has 128 valence electrons. The summed E-state index contributed by atoms with van der Waals surface area (Å²) < 4.78 is 0.933. The fraction of sp³-hybridized carbons (Fsp3) is 0.158. The van der Waals surface area contributed by atoms with Crippen molar-refractivity contribution in [1.29, 1.82) is 0 Å². The normalized spacial score (nSPS) is 16.9. The lowest BCUT2D eigenvalue weighted by atomic mass is 9.95. The van der Waals surface area contributed by atoms with Crippen LogP contribution in [0.4, 0.5) is 10.5 Å². The zero-order chi connectivity index (χ0) is 18.0. The first-order valence-corrected chi connectivity index (χ1v) is 8.65. The van der Waals surface area contributed by atoms with Crippen LogP contribution in [-0.2, 0) is 4.79 Å². The largest absolute Gasteiger partial charge is 0.327 e. The molecule has 1 heterocycles. The summed E-state index contributed by atoms with van der Waals surface area (Å²) in [5, 5.41) is 8.40. The number of rotatable bonds is 3. The lowest BCUT2D eigenvalue weighted by Crippen LogP contribution is -2.45. The van der Waals surface area contributed by atoms with Gasteiger partial charge in [0.1, 0.15) is 0 Å². The van der Waals surface area contributed by atoms with Crippen LogP contribution < -0.4 is 16.0 Å². The minimum absolute atomic E-state index is 0.248. The van der Waals surface area contributed by atoms with Crippen LogP contribution in [0.3, 0.4) is 0 Å². The second-order valence-corrected chi connectivity index (χ2v) is 6.86. The van der Waals surface area contributed by atoms with Crippen molar-refractivity contribution in [1.82, 2.24) is 10.6 Å². The van der Waals surface area contributed by atoms with E-state index in [4.69, 9.17) is 0 Å². The molecule has 5 nitrogen and oxygen atoms in total. The second kappa shape index (κ2) is 7.11. The minimum Gasteiger partial charge on any atom is -0.327 e. The van der Waals surface area contributed by atoms with E-state index < -0.39 is 6.04 Å². The average molecular weight is 400 g/mol. The zero-order valence-corrected chi connectivity index (χ0v) is 15.5. The number of carbonyl (C=O) groups is 2. The summed E-state index contributed by atoms with van der Waals surface area (Å²) in [4.78, 5) is 24.7. The molecule has 2 aromatic carbocycles. The van der Waals surface area contributed by atoms with E-state index in [1.165, 1.54) is 0 Å². The maximum atomic E-state index is 12.9. The highest BCUT2D eigenvalue weighted by Gasteiger charge is 2.31. The molecule has 3 N–H and O–H groups in total. The Balaban J connectivity index is 1.92. The third-order valence-electron chi connectivity index (χ3n) is 4.03. The number of urea groups is 1. The van der Waals surface area contributed by atoms with Crippen LogP contribution in [0.25, 0.3) is 0 Å². The zero-order valence-electron chi connectivity index (χ0n) is 13.9. The topological polar surface area (TPSA) is 70.2 Å². The van der Waals surface area contributed by atoms with E-state index >= 15 is 0 Å². The predicted molar refractivity (Wildman–Crippen MR) is 101 cm³/mol. The van der Waals surface area contributed by atoms with E-state index in [9.17, 15) is 9.59 Å². The van der Waals surface area contributed by atoms with Crippen LogP contribution in [0.15, 0.2) is 64.3 Å². The molecule has 0 aromatic heterocycles. The highest BCUT2D eigenvalue weighted by molar-refractivity contribution is 9.10. The van der Waals surface area contributed by atoms with Crippen molar-refractivity contribution < 1.29 is 9.59 Å². The molecule has 3 amide bonds. The van der Waals surface area contributed by atoms with Gasteiger partial charge in [0.25, 0.3) is 5.91 Å². The van der Waals surface area contributed by atoms with Crippen LogP contribution in [0.1, 0.15) is 24.1 Å². The Morgan fingerprint density at radius 3 is 2.32 bits per heavy atom. The smallest absolute Gasteiger partial charge is 0.319 e. The monoisotopic (exact) mass is 399 g/mol. The van der Waals surface area contributed by atoms with E-state index in [-0.39, 0.29) is 11.9 Å². The number of hydrogen-bond acceptors (Lipinski definition) is 2. The van der Waals surface area contributed by atoms with Gasteiger partial charge >= 0.3 is 6.03 Å². The van der Waals surface area contributed by atoms with E-state index in [0.717, 1.165) is 15.6 Å². The standard InChI is InChI=1S/C19H18BrN3O2/c1-11-3-9-15(10-4-11)22-18(24)16-12(2)21-19(25)23-17(16)13-5-7-14(20)8-6-13/h3-10,17H,1-2H3,(H,22,24)(H2,21,23,25)/t17-/m1/s1. The van der Waals surface area contributed by atoms with Crippen molar-refractivity contribution in [3.63, 3.8) is 0 Å². The molecule has 0 unspecified atom stereocenters. The number of amides is 3. The molecule has 1 aliphatic heterocycles. The maximum Gasteiger partial charge on any atom is 0.319 e. The number of carbonyl (C=O) groups excluding carboxylic acids is 2. The Bertz CT molecular complexity index is 842. The van der Waals surface area contributed by atoms with Gasteiger partial charge < -0.3 is 16.0 Å². The number of hydrogen-bond donors (Lipinski definition) is 3. The number of aryl methyl sites for hydroxylation is 1. The van der Waals surface area contributed by atoms with Crippen molar-refractivity contribution in [2.24, 2.45) is 0 Å². The molecule has 1 atom stereocenters. The molecule has 3 rings (SSSR count). The molecule has 0 saturated carbocycles. The molecule has 0 bridgehead atoms. The Hall–Kier alpha value is -2.60. The number of anilines is 1. The van der Waals surface area contributed by atoms with Crippen LogP contribution in [0.2, 0.25) is 0 Å². The lowest BCUT2D eigenvalue weighted by molar-refractivity contribution is -0.113. The predicted octanol–water partition coefficient (Wildman–Crippen LogP) is 4.02. The molecule has 6 heteroatoms. The van der Waals surface area contributed by atoms with Gasteiger partial charge in [-0.25, -0.2) is 4.79 Å². The van der Waals surface area contributed by atoms with Crippen molar-refractivity contribution in [3.05, 3.63) is 75.4 Å². The van der Waals surface area contributed by atoms with Gasteiger partial charge in [0.05, 0.1) is 11.6 Å².